The van der Waals surface area contributed by atoms with E-state index in [1.807, 2.05) is 50.2 Å². The topological polar surface area (TPSA) is 57.8 Å². The van der Waals surface area contributed by atoms with E-state index in [1.54, 1.807) is 12.4 Å². The van der Waals surface area contributed by atoms with E-state index in [2.05, 4.69) is 15.3 Å². The highest BCUT2D eigenvalue weighted by atomic mass is 35.5. The minimum absolute atomic E-state index is 0.0892. The molecule has 1 amide bonds. The van der Waals surface area contributed by atoms with E-state index in [1.165, 1.54) is 0 Å². The van der Waals surface area contributed by atoms with Gasteiger partial charge in [-0.2, -0.15) is 0 Å². The summed E-state index contributed by atoms with van der Waals surface area (Å²) in [4.78, 5) is 19.8. The highest BCUT2D eigenvalue weighted by Gasteiger charge is 2.30. The number of carbonyl (C=O) groups excluding carboxylic acids is 1. The number of aromatic nitrogens is 2. The quantitative estimate of drug-likeness (QED) is 0.763. The summed E-state index contributed by atoms with van der Waals surface area (Å²) in [5, 5.41) is 3.57. The van der Waals surface area contributed by atoms with Gasteiger partial charge in [-0.15, -0.1) is 0 Å². The molecule has 4 nitrogen and oxygen atoms in total. The van der Waals surface area contributed by atoms with Crippen molar-refractivity contribution in [2.45, 2.75) is 19.3 Å². The first-order valence-electron chi connectivity index (χ1n) is 6.97. The summed E-state index contributed by atoms with van der Waals surface area (Å²) in [5.41, 5.74) is 2.68. The van der Waals surface area contributed by atoms with Gasteiger partial charge in [0.05, 0.1) is 22.8 Å². The number of H-pyrrole nitrogens is 1. The Morgan fingerprint density at radius 3 is 2.82 bits per heavy atom. The number of hydrogen-bond acceptors (Lipinski definition) is 2. The molecule has 0 radical (unpaired) electrons. The van der Waals surface area contributed by atoms with Gasteiger partial charge in [0.1, 0.15) is 0 Å². The summed E-state index contributed by atoms with van der Waals surface area (Å²) in [6.45, 7) is 3.76. The van der Waals surface area contributed by atoms with E-state index < -0.39 is 5.41 Å². The summed E-state index contributed by atoms with van der Waals surface area (Å²) in [6.07, 6.45) is 1.63. The number of anilines is 1. The zero-order chi connectivity index (χ0) is 15.7. The van der Waals surface area contributed by atoms with Crippen molar-refractivity contribution in [3.05, 3.63) is 59.4 Å². The fraction of sp³-hybridized carbons (Fsp3) is 0.176. The van der Waals surface area contributed by atoms with Gasteiger partial charge in [0.2, 0.25) is 5.91 Å². The third-order valence-corrected chi connectivity index (χ3v) is 4.03. The van der Waals surface area contributed by atoms with Gasteiger partial charge >= 0.3 is 0 Å². The van der Waals surface area contributed by atoms with Crippen LogP contribution < -0.4 is 5.32 Å². The zero-order valence-electron chi connectivity index (χ0n) is 12.4. The molecule has 5 heteroatoms. The van der Waals surface area contributed by atoms with Gasteiger partial charge in [-0.05, 0) is 49.7 Å². The Kier molecular flexibility index (Phi) is 3.62. The highest BCUT2D eigenvalue weighted by molar-refractivity contribution is 6.30. The number of rotatable bonds is 3. The Morgan fingerprint density at radius 1 is 1.23 bits per heavy atom. The molecule has 0 aliphatic carbocycles. The first kappa shape index (κ1) is 14.6. The average Bonchev–Trinajstić information content (AvgIpc) is 2.94. The first-order chi connectivity index (χ1) is 10.5. The summed E-state index contributed by atoms with van der Waals surface area (Å²) < 4.78 is 0. The largest absolute Gasteiger partial charge is 0.345 e. The van der Waals surface area contributed by atoms with Crippen LogP contribution in [-0.2, 0) is 10.2 Å². The van der Waals surface area contributed by atoms with E-state index in [9.17, 15) is 4.79 Å². The molecule has 112 valence electrons. The predicted octanol–water partition coefficient (Wildman–Crippen LogP) is 4.13. The zero-order valence-corrected chi connectivity index (χ0v) is 13.1. The number of nitrogens with one attached hydrogen (secondary N) is 2. The van der Waals surface area contributed by atoms with Crippen LogP contribution in [0.25, 0.3) is 11.0 Å². The minimum atomic E-state index is -0.687. The number of hydrogen-bond donors (Lipinski definition) is 2. The highest BCUT2D eigenvalue weighted by Crippen LogP contribution is 2.27. The lowest BCUT2D eigenvalue weighted by atomic mass is 9.83. The normalized spacial score (nSPS) is 11.6. The third kappa shape index (κ3) is 2.70. The van der Waals surface area contributed by atoms with Crippen LogP contribution in [0.1, 0.15) is 19.4 Å². The number of nitrogens with zero attached hydrogens (tertiary/aromatic N) is 1. The maximum absolute atomic E-state index is 12.6. The Labute approximate surface area is 133 Å². The molecular weight excluding hydrogens is 298 g/mol. The Hall–Kier alpha value is -2.33. The molecule has 1 heterocycles. The van der Waals surface area contributed by atoms with E-state index in [-0.39, 0.29) is 5.91 Å². The second kappa shape index (κ2) is 5.46. The third-order valence-electron chi connectivity index (χ3n) is 3.79. The van der Waals surface area contributed by atoms with Gasteiger partial charge < -0.3 is 10.3 Å². The van der Waals surface area contributed by atoms with Gasteiger partial charge in [-0.1, -0.05) is 23.7 Å². The van der Waals surface area contributed by atoms with Crippen molar-refractivity contribution in [2.75, 3.05) is 5.32 Å². The molecule has 0 saturated carbocycles. The van der Waals surface area contributed by atoms with E-state index >= 15 is 0 Å². The molecule has 0 atom stereocenters. The summed E-state index contributed by atoms with van der Waals surface area (Å²) in [5.74, 6) is -0.0892. The second-order valence-corrected chi connectivity index (χ2v) is 6.16. The van der Waals surface area contributed by atoms with Crippen LogP contribution in [0.2, 0.25) is 5.02 Å². The lowest BCUT2D eigenvalue weighted by molar-refractivity contribution is -0.120. The fourth-order valence-electron chi connectivity index (χ4n) is 2.31. The molecule has 0 aliphatic rings. The average molecular weight is 314 g/mol. The maximum atomic E-state index is 12.6. The second-order valence-electron chi connectivity index (χ2n) is 5.72. The molecular formula is C17H16ClN3O. The van der Waals surface area contributed by atoms with Crippen molar-refractivity contribution < 1.29 is 4.79 Å². The number of aromatic amines is 1. The van der Waals surface area contributed by atoms with Crippen LogP contribution in [0, 0.1) is 0 Å². The van der Waals surface area contributed by atoms with Crippen molar-refractivity contribution in [2.24, 2.45) is 0 Å². The smallest absolute Gasteiger partial charge is 0.234 e. The number of amides is 1. The van der Waals surface area contributed by atoms with Crippen molar-refractivity contribution in [1.29, 1.82) is 0 Å². The van der Waals surface area contributed by atoms with E-state index in [4.69, 9.17) is 11.6 Å². The Balaban J connectivity index is 1.86. The van der Waals surface area contributed by atoms with Crippen LogP contribution in [0.15, 0.2) is 48.8 Å². The van der Waals surface area contributed by atoms with Crippen molar-refractivity contribution in [3.63, 3.8) is 0 Å². The van der Waals surface area contributed by atoms with Crippen molar-refractivity contribution >= 4 is 34.2 Å². The lowest BCUT2D eigenvalue weighted by Crippen LogP contribution is -2.34. The lowest BCUT2D eigenvalue weighted by Gasteiger charge is -2.24. The van der Waals surface area contributed by atoms with Crippen LogP contribution in [-0.4, -0.2) is 15.9 Å². The van der Waals surface area contributed by atoms with Crippen LogP contribution in [0.4, 0.5) is 5.69 Å². The van der Waals surface area contributed by atoms with Gasteiger partial charge in [0.25, 0.3) is 0 Å². The molecule has 0 fully saturated rings. The molecule has 22 heavy (non-hydrogen) atoms. The van der Waals surface area contributed by atoms with Gasteiger partial charge in [-0.25, -0.2) is 4.98 Å². The monoisotopic (exact) mass is 313 g/mol. The Bertz CT molecular complexity index is 839. The standard InChI is InChI=1S/C17H16ClN3O/c1-17(2,11-4-3-5-12(18)8-11)16(22)21-13-6-7-14-15(9-13)20-10-19-14/h3-10H,1-2H3,(H,19,20)(H,21,22). The first-order valence-corrected chi connectivity index (χ1v) is 7.35. The SMILES string of the molecule is CC(C)(C(=O)Nc1ccc2nc[nH]c2c1)c1cccc(Cl)c1. The number of imidazole rings is 1. The number of carbonyl (C=O) groups is 1. The molecule has 0 aliphatic heterocycles. The summed E-state index contributed by atoms with van der Waals surface area (Å²) >= 11 is 6.03. The molecule has 3 aromatic rings. The van der Waals surface area contributed by atoms with Gasteiger partial charge in [-0.3, -0.25) is 4.79 Å². The molecule has 0 unspecified atom stereocenters. The number of halogens is 1. The van der Waals surface area contributed by atoms with E-state index in [0.29, 0.717) is 5.02 Å². The molecule has 2 aromatic carbocycles. The van der Waals surface area contributed by atoms with Crippen LogP contribution in [0.5, 0.6) is 0 Å². The molecule has 0 saturated heterocycles. The molecule has 0 bridgehead atoms. The van der Waals surface area contributed by atoms with E-state index in [0.717, 1.165) is 22.3 Å². The van der Waals surface area contributed by atoms with Crippen molar-refractivity contribution in [1.82, 2.24) is 9.97 Å². The summed E-state index contributed by atoms with van der Waals surface area (Å²) in [6, 6.07) is 13.0. The number of benzene rings is 2. The molecule has 3 rings (SSSR count). The van der Waals surface area contributed by atoms with Crippen molar-refractivity contribution in [3.8, 4) is 0 Å². The molecule has 2 N–H and O–H groups in total. The molecule has 0 spiro atoms. The number of fused-ring (bicyclic) bond motifs is 1. The van der Waals surface area contributed by atoms with Gasteiger partial charge in [0.15, 0.2) is 0 Å². The fourth-order valence-corrected chi connectivity index (χ4v) is 2.50. The van der Waals surface area contributed by atoms with Crippen LogP contribution >= 0.6 is 11.6 Å². The van der Waals surface area contributed by atoms with Crippen LogP contribution in [0.3, 0.4) is 0 Å². The molecule has 1 aromatic heterocycles. The van der Waals surface area contributed by atoms with Gasteiger partial charge in [0, 0.05) is 10.7 Å². The Morgan fingerprint density at radius 2 is 2.05 bits per heavy atom. The minimum Gasteiger partial charge on any atom is -0.345 e. The predicted molar refractivity (Wildman–Crippen MR) is 89.2 cm³/mol. The summed E-state index contributed by atoms with van der Waals surface area (Å²) in [7, 11) is 0. The maximum Gasteiger partial charge on any atom is 0.234 e.